The van der Waals surface area contributed by atoms with Crippen LogP contribution in [-0.4, -0.2) is 86.3 Å². The van der Waals surface area contributed by atoms with E-state index in [1.54, 1.807) is 0 Å². The molecule has 0 radical (unpaired) electrons. The molecule has 4 saturated carbocycles. The summed E-state index contributed by atoms with van der Waals surface area (Å²) in [5, 5.41) is 65.2. The predicted octanol–water partition coefficient (Wildman–Crippen LogP) is 4.10. The highest BCUT2D eigenvalue weighted by Gasteiger charge is 2.72. The Labute approximate surface area is 264 Å². The van der Waals surface area contributed by atoms with Crippen LogP contribution in [0.25, 0.3) is 0 Å². The molecule has 5 unspecified atom stereocenters. The molecule has 252 valence electrons. The first kappa shape index (κ1) is 34.5. The Kier molecular flexibility index (Phi) is 9.40. The van der Waals surface area contributed by atoms with Crippen molar-refractivity contribution >= 4 is 0 Å². The van der Waals surface area contributed by atoms with Crippen LogP contribution in [0.15, 0.2) is 23.8 Å². The molecule has 0 aromatic heterocycles. The minimum absolute atomic E-state index is 0.0817. The third kappa shape index (κ3) is 5.18. The van der Waals surface area contributed by atoms with Crippen molar-refractivity contribution in [3.8, 4) is 0 Å². The summed E-state index contributed by atoms with van der Waals surface area (Å²) >= 11 is 0. The second-order valence-corrected chi connectivity index (χ2v) is 16.8. The normalized spacial score (nSPS) is 51.6. The first-order chi connectivity index (χ1) is 20.4. The zero-order chi connectivity index (χ0) is 32.6. The average Bonchev–Trinajstić information content (AvgIpc) is 3.32. The standard InChI is InChI=1S/C36H60O8/c1-19(2)10-9-11-20(3)21-12-15-35(7)27(21)22(38)16-25-34(6)14-13-26(39)33(4,5)31(34)23(17-36(25,35)8)43-32-30(42)29(41)28(40)24(18-37)44-32/h10,21-32,37-42H,3,9,11-18H2,1-2,4-8H3/t21?,22-,23+,24-,25?,26?,27?,28-,29+,30-,31?,32-,34-,35-,36-/m1/s1. The summed E-state index contributed by atoms with van der Waals surface area (Å²) in [5.74, 6) is 0.402. The molecule has 1 aliphatic heterocycles. The molecule has 8 nitrogen and oxygen atoms in total. The molecular formula is C36H60O8. The van der Waals surface area contributed by atoms with Gasteiger partial charge in [0, 0.05) is 0 Å². The van der Waals surface area contributed by atoms with Crippen molar-refractivity contribution in [2.75, 3.05) is 6.61 Å². The van der Waals surface area contributed by atoms with Gasteiger partial charge in [-0.15, -0.1) is 0 Å². The van der Waals surface area contributed by atoms with E-state index in [-0.39, 0.29) is 39.9 Å². The Hall–Kier alpha value is -0.840. The smallest absolute Gasteiger partial charge is 0.186 e. The van der Waals surface area contributed by atoms with E-state index >= 15 is 0 Å². The number of aliphatic hydroxyl groups is 6. The van der Waals surface area contributed by atoms with E-state index in [4.69, 9.17) is 9.47 Å². The largest absolute Gasteiger partial charge is 0.394 e. The fraction of sp³-hybridized carbons (Fsp3) is 0.889. The van der Waals surface area contributed by atoms with Gasteiger partial charge in [0.15, 0.2) is 6.29 Å². The van der Waals surface area contributed by atoms with Crippen molar-refractivity contribution in [3.05, 3.63) is 23.8 Å². The molecule has 4 aliphatic carbocycles. The van der Waals surface area contributed by atoms with Gasteiger partial charge in [0.25, 0.3) is 0 Å². The summed E-state index contributed by atoms with van der Waals surface area (Å²) in [7, 11) is 0. The van der Waals surface area contributed by atoms with Crippen LogP contribution in [0.3, 0.4) is 0 Å². The van der Waals surface area contributed by atoms with E-state index in [1.165, 1.54) is 11.1 Å². The Morgan fingerprint density at radius 2 is 1.61 bits per heavy atom. The zero-order valence-electron chi connectivity index (χ0n) is 28.1. The molecule has 5 fully saturated rings. The van der Waals surface area contributed by atoms with Crippen LogP contribution in [0.5, 0.6) is 0 Å². The van der Waals surface area contributed by atoms with Crippen LogP contribution in [0.1, 0.15) is 99.8 Å². The number of allylic oxidation sites excluding steroid dienone is 3. The highest BCUT2D eigenvalue weighted by molar-refractivity contribution is 5.24. The summed E-state index contributed by atoms with van der Waals surface area (Å²) in [5.41, 5.74) is 1.32. The molecular weight excluding hydrogens is 560 g/mol. The first-order valence-electron chi connectivity index (χ1n) is 17.1. The molecule has 8 heteroatoms. The van der Waals surface area contributed by atoms with Crippen LogP contribution in [0, 0.1) is 45.3 Å². The summed E-state index contributed by atoms with van der Waals surface area (Å²) < 4.78 is 12.6. The monoisotopic (exact) mass is 620 g/mol. The number of hydrogen-bond donors (Lipinski definition) is 6. The third-order valence-electron chi connectivity index (χ3n) is 13.9. The van der Waals surface area contributed by atoms with Gasteiger partial charge in [-0.2, -0.15) is 0 Å². The Morgan fingerprint density at radius 3 is 2.25 bits per heavy atom. The minimum Gasteiger partial charge on any atom is -0.394 e. The van der Waals surface area contributed by atoms with Gasteiger partial charge in [-0.1, -0.05) is 58.4 Å². The van der Waals surface area contributed by atoms with Crippen LogP contribution in [0.4, 0.5) is 0 Å². The van der Waals surface area contributed by atoms with E-state index in [2.05, 4.69) is 61.1 Å². The fourth-order valence-electron chi connectivity index (χ4n) is 11.6. The van der Waals surface area contributed by atoms with Gasteiger partial charge in [-0.25, -0.2) is 0 Å². The van der Waals surface area contributed by atoms with Crippen molar-refractivity contribution in [2.45, 2.75) is 149 Å². The molecule has 0 amide bonds. The van der Waals surface area contributed by atoms with Crippen LogP contribution in [0.2, 0.25) is 0 Å². The molecule has 0 aromatic carbocycles. The molecule has 5 aliphatic rings. The van der Waals surface area contributed by atoms with Gasteiger partial charge < -0.3 is 40.1 Å². The Bertz CT molecular complexity index is 1100. The van der Waals surface area contributed by atoms with Gasteiger partial charge in [-0.05, 0) is 111 Å². The topological polar surface area (TPSA) is 140 Å². The minimum atomic E-state index is -1.52. The molecule has 0 bridgehead atoms. The fourth-order valence-corrected chi connectivity index (χ4v) is 11.6. The number of ether oxygens (including phenoxy) is 2. The highest BCUT2D eigenvalue weighted by atomic mass is 16.7. The second kappa shape index (κ2) is 12.0. The molecule has 6 N–H and O–H groups in total. The Balaban J connectivity index is 1.53. The maximum absolute atomic E-state index is 12.0. The number of rotatable bonds is 7. The summed E-state index contributed by atoms with van der Waals surface area (Å²) in [6.07, 6.45) is 0.758. The maximum Gasteiger partial charge on any atom is 0.186 e. The summed E-state index contributed by atoms with van der Waals surface area (Å²) in [6.45, 7) is 19.5. The maximum atomic E-state index is 12.0. The van der Waals surface area contributed by atoms with Crippen molar-refractivity contribution < 1.29 is 40.1 Å². The molecule has 1 heterocycles. The van der Waals surface area contributed by atoms with Crippen LogP contribution in [-0.2, 0) is 9.47 Å². The molecule has 5 rings (SSSR count). The van der Waals surface area contributed by atoms with Crippen LogP contribution >= 0.6 is 0 Å². The molecule has 0 spiro atoms. The van der Waals surface area contributed by atoms with Crippen LogP contribution < -0.4 is 0 Å². The van der Waals surface area contributed by atoms with Crippen molar-refractivity contribution in [3.63, 3.8) is 0 Å². The second-order valence-electron chi connectivity index (χ2n) is 16.8. The van der Waals surface area contributed by atoms with Gasteiger partial charge in [-0.3, -0.25) is 0 Å². The predicted molar refractivity (Wildman–Crippen MR) is 168 cm³/mol. The molecule has 0 aromatic rings. The first-order valence-corrected chi connectivity index (χ1v) is 17.1. The van der Waals surface area contributed by atoms with E-state index in [0.29, 0.717) is 19.3 Å². The Morgan fingerprint density at radius 1 is 0.932 bits per heavy atom. The van der Waals surface area contributed by atoms with Gasteiger partial charge in [0.2, 0.25) is 0 Å². The van der Waals surface area contributed by atoms with E-state index in [1.807, 2.05) is 0 Å². The quantitative estimate of drug-likeness (QED) is 0.185. The highest BCUT2D eigenvalue weighted by Crippen LogP contribution is 2.76. The van der Waals surface area contributed by atoms with Gasteiger partial charge >= 0.3 is 0 Å². The van der Waals surface area contributed by atoms with E-state index in [0.717, 1.165) is 32.1 Å². The lowest BCUT2D eigenvalue weighted by atomic mass is 9.34. The lowest BCUT2D eigenvalue weighted by Gasteiger charge is -2.72. The van der Waals surface area contributed by atoms with E-state index < -0.39 is 61.0 Å². The zero-order valence-corrected chi connectivity index (χ0v) is 28.1. The van der Waals surface area contributed by atoms with Gasteiger partial charge in [0.1, 0.15) is 24.4 Å². The van der Waals surface area contributed by atoms with Crippen molar-refractivity contribution in [2.24, 2.45) is 45.3 Å². The summed E-state index contributed by atoms with van der Waals surface area (Å²) in [4.78, 5) is 0. The lowest BCUT2D eigenvalue weighted by molar-refractivity contribution is -0.346. The van der Waals surface area contributed by atoms with Crippen molar-refractivity contribution in [1.82, 2.24) is 0 Å². The molecule has 15 atom stereocenters. The number of fused-ring (bicyclic) bond motifs is 5. The number of hydrogen-bond acceptors (Lipinski definition) is 8. The van der Waals surface area contributed by atoms with Gasteiger partial charge in [0.05, 0.1) is 24.9 Å². The number of aliphatic hydroxyl groups excluding tert-OH is 6. The molecule has 44 heavy (non-hydrogen) atoms. The van der Waals surface area contributed by atoms with Crippen molar-refractivity contribution in [1.29, 1.82) is 0 Å². The lowest BCUT2D eigenvalue weighted by Crippen LogP contribution is -2.70. The summed E-state index contributed by atoms with van der Waals surface area (Å²) in [6, 6.07) is 0. The third-order valence-corrected chi connectivity index (χ3v) is 13.9. The SMILES string of the molecule is C=C(CCC=C(C)C)C1CC[C@]2(C)C1[C@H](O)CC1[C@@]3(C)CCC(O)C(C)(C)C3[C@@H](O[C@@H]3O[C@H](CO)[C@@H](O)[C@H](O)[C@H]3O)C[C@]12C. The van der Waals surface area contributed by atoms with E-state index in [9.17, 15) is 30.6 Å². The average molecular weight is 621 g/mol. The molecule has 1 saturated heterocycles.